The molecular weight excluding hydrogens is 240 g/mol. The third kappa shape index (κ3) is 2.16. The van der Waals surface area contributed by atoms with Crippen LogP contribution >= 0.6 is 0 Å². The van der Waals surface area contributed by atoms with E-state index in [2.05, 4.69) is 13.5 Å². The largest absolute Gasteiger partial charge is 0.396 e. The standard InChI is InChI=1S/C16H28O3/c1-11-4-5-13-15(2,12(11)7-9-17)8-6-14(19)16(13,3)10-18/h12-14,17-19H,1,4-10H2,2-3H3/t12-,13+,14-,15+,16+/m1/s1. The molecule has 3 heteroatoms. The maximum Gasteiger partial charge on any atom is 0.0618 e. The number of hydrogen-bond acceptors (Lipinski definition) is 3. The first kappa shape index (κ1) is 15.0. The fourth-order valence-electron chi connectivity index (χ4n) is 4.86. The number of allylic oxidation sites excluding steroid dienone is 1. The van der Waals surface area contributed by atoms with Crippen LogP contribution in [0.15, 0.2) is 12.2 Å². The monoisotopic (exact) mass is 268 g/mol. The molecule has 3 N–H and O–H groups in total. The van der Waals surface area contributed by atoms with Crippen molar-refractivity contribution >= 4 is 0 Å². The summed E-state index contributed by atoms with van der Waals surface area (Å²) in [5.74, 6) is 0.616. The first-order valence-electron chi connectivity index (χ1n) is 7.47. The zero-order chi connectivity index (χ0) is 14.3. The van der Waals surface area contributed by atoms with Crippen molar-refractivity contribution in [3.63, 3.8) is 0 Å². The minimum absolute atomic E-state index is 0.0345. The lowest BCUT2D eigenvalue weighted by Gasteiger charge is -2.59. The molecule has 0 aromatic rings. The molecule has 5 atom stereocenters. The van der Waals surface area contributed by atoms with Crippen LogP contribution in [0.5, 0.6) is 0 Å². The van der Waals surface area contributed by atoms with Gasteiger partial charge in [0.1, 0.15) is 0 Å². The fraction of sp³-hybridized carbons (Fsp3) is 0.875. The second-order valence-corrected chi connectivity index (χ2v) is 7.04. The molecule has 0 spiro atoms. The molecule has 3 nitrogen and oxygen atoms in total. The minimum atomic E-state index is -0.420. The van der Waals surface area contributed by atoms with Crippen molar-refractivity contribution in [2.45, 2.75) is 52.1 Å². The third-order valence-electron chi connectivity index (χ3n) is 6.11. The maximum atomic E-state index is 10.3. The van der Waals surface area contributed by atoms with Gasteiger partial charge in [0.15, 0.2) is 0 Å². The van der Waals surface area contributed by atoms with E-state index in [1.807, 2.05) is 6.92 Å². The molecule has 0 bridgehead atoms. The Hall–Kier alpha value is -0.380. The molecule has 0 aromatic carbocycles. The molecule has 0 heterocycles. The van der Waals surface area contributed by atoms with E-state index < -0.39 is 11.5 Å². The molecule has 0 aliphatic heterocycles. The Morgan fingerprint density at radius 1 is 1.26 bits per heavy atom. The van der Waals surface area contributed by atoms with E-state index in [0.29, 0.717) is 11.8 Å². The topological polar surface area (TPSA) is 60.7 Å². The van der Waals surface area contributed by atoms with Gasteiger partial charge < -0.3 is 15.3 Å². The van der Waals surface area contributed by atoms with E-state index in [1.165, 1.54) is 5.57 Å². The summed E-state index contributed by atoms with van der Waals surface area (Å²) in [6.45, 7) is 8.71. The van der Waals surface area contributed by atoms with Crippen LogP contribution in [0.3, 0.4) is 0 Å². The van der Waals surface area contributed by atoms with E-state index in [9.17, 15) is 15.3 Å². The van der Waals surface area contributed by atoms with Gasteiger partial charge in [0.2, 0.25) is 0 Å². The Balaban J connectivity index is 2.37. The van der Waals surface area contributed by atoms with Crippen molar-refractivity contribution in [2.75, 3.05) is 13.2 Å². The second-order valence-electron chi connectivity index (χ2n) is 7.04. The van der Waals surface area contributed by atoms with Crippen LogP contribution in [0.4, 0.5) is 0 Å². The van der Waals surface area contributed by atoms with Crippen molar-refractivity contribution < 1.29 is 15.3 Å². The lowest BCUT2D eigenvalue weighted by Crippen LogP contribution is -2.57. The summed E-state index contributed by atoms with van der Waals surface area (Å²) >= 11 is 0. The highest BCUT2D eigenvalue weighted by molar-refractivity contribution is 5.17. The zero-order valence-corrected chi connectivity index (χ0v) is 12.2. The summed E-state index contributed by atoms with van der Waals surface area (Å²) < 4.78 is 0. The predicted octanol–water partition coefficient (Wildman–Crippen LogP) is 2.11. The normalized spacial score (nSPS) is 47.0. The van der Waals surface area contributed by atoms with Crippen LogP contribution in [0.2, 0.25) is 0 Å². The lowest BCUT2D eigenvalue weighted by molar-refractivity contribution is -0.153. The molecule has 0 aromatic heterocycles. The van der Waals surface area contributed by atoms with Crippen LogP contribution in [-0.4, -0.2) is 34.6 Å². The summed E-state index contributed by atoms with van der Waals surface area (Å²) in [6.07, 6.45) is 3.97. The highest BCUT2D eigenvalue weighted by Crippen LogP contribution is 2.61. The van der Waals surface area contributed by atoms with Gasteiger partial charge in [-0.2, -0.15) is 0 Å². The summed E-state index contributed by atoms with van der Waals surface area (Å²) in [5.41, 5.74) is 0.875. The average Bonchev–Trinajstić information content (AvgIpc) is 2.39. The Kier molecular flexibility index (Phi) is 4.10. The highest BCUT2D eigenvalue weighted by Gasteiger charge is 2.57. The van der Waals surface area contributed by atoms with Gasteiger partial charge in [0.05, 0.1) is 12.7 Å². The van der Waals surface area contributed by atoms with Gasteiger partial charge in [-0.3, -0.25) is 0 Å². The van der Waals surface area contributed by atoms with Crippen molar-refractivity contribution in [3.05, 3.63) is 12.2 Å². The van der Waals surface area contributed by atoms with Gasteiger partial charge in [-0.15, -0.1) is 0 Å². The number of hydrogen-bond donors (Lipinski definition) is 3. The summed E-state index contributed by atoms with van der Waals surface area (Å²) in [5, 5.41) is 29.5. The summed E-state index contributed by atoms with van der Waals surface area (Å²) in [4.78, 5) is 0. The summed E-state index contributed by atoms with van der Waals surface area (Å²) in [7, 11) is 0. The predicted molar refractivity (Wildman–Crippen MR) is 75.6 cm³/mol. The van der Waals surface area contributed by atoms with Gasteiger partial charge in [-0.25, -0.2) is 0 Å². The molecule has 2 rings (SSSR count). The van der Waals surface area contributed by atoms with Crippen LogP contribution in [0.25, 0.3) is 0 Å². The van der Waals surface area contributed by atoms with Crippen molar-refractivity contribution in [1.29, 1.82) is 0 Å². The van der Waals surface area contributed by atoms with E-state index in [-0.39, 0.29) is 18.6 Å². The molecule has 2 aliphatic carbocycles. The molecular formula is C16H28O3. The minimum Gasteiger partial charge on any atom is -0.396 e. The quantitative estimate of drug-likeness (QED) is 0.687. The first-order valence-corrected chi connectivity index (χ1v) is 7.47. The van der Waals surface area contributed by atoms with Crippen molar-refractivity contribution in [2.24, 2.45) is 22.7 Å². The SMILES string of the molecule is C=C1CC[C@@H]2[C@](C)(CO)[C@H](O)CC[C@@]2(C)[C@@H]1CCO. The van der Waals surface area contributed by atoms with Crippen molar-refractivity contribution in [1.82, 2.24) is 0 Å². The lowest BCUT2D eigenvalue weighted by atomic mass is 9.46. The van der Waals surface area contributed by atoms with E-state index in [1.54, 1.807) is 0 Å². The molecule has 2 aliphatic rings. The van der Waals surface area contributed by atoms with Gasteiger partial charge in [0.25, 0.3) is 0 Å². The Morgan fingerprint density at radius 2 is 1.95 bits per heavy atom. The molecule has 2 saturated carbocycles. The fourth-order valence-corrected chi connectivity index (χ4v) is 4.86. The number of aliphatic hydroxyl groups is 3. The smallest absolute Gasteiger partial charge is 0.0618 e. The molecule has 0 radical (unpaired) electrons. The first-order chi connectivity index (χ1) is 8.90. The van der Waals surface area contributed by atoms with Crippen LogP contribution < -0.4 is 0 Å². The molecule has 19 heavy (non-hydrogen) atoms. The van der Waals surface area contributed by atoms with Gasteiger partial charge in [-0.1, -0.05) is 26.0 Å². The molecule has 110 valence electrons. The van der Waals surface area contributed by atoms with Crippen molar-refractivity contribution in [3.8, 4) is 0 Å². The van der Waals surface area contributed by atoms with Crippen LogP contribution in [0, 0.1) is 22.7 Å². The Labute approximate surface area is 116 Å². The second kappa shape index (κ2) is 5.19. The van der Waals surface area contributed by atoms with E-state index >= 15 is 0 Å². The number of aliphatic hydroxyl groups excluding tert-OH is 3. The van der Waals surface area contributed by atoms with Gasteiger partial charge in [0, 0.05) is 12.0 Å². The van der Waals surface area contributed by atoms with Gasteiger partial charge >= 0.3 is 0 Å². The third-order valence-corrected chi connectivity index (χ3v) is 6.11. The van der Waals surface area contributed by atoms with E-state index in [0.717, 1.165) is 32.1 Å². The van der Waals surface area contributed by atoms with Crippen LogP contribution in [0.1, 0.15) is 46.0 Å². The number of rotatable bonds is 3. The average molecular weight is 268 g/mol. The maximum absolute atomic E-state index is 10.3. The van der Waals surface area contributed by atoms with E-state index in [4.69, 9.17) is 0 Å². The van der Waals surface area contributed by atoms with Crippen LogP contribution in [-0.2, 0) is 0 Å². The molecule has 0 unspecified atom stereocenters. The molecule has 0 amide bonds. The molecule has 2 fully saturated rings. The highest BCUT2D eigenvalue weighted by atomic mass is 16.3. The summed E-state index contributed by atoms with van der Waals surface area (Å²) in [6, 6.07) is 0. The molecule has 0 saturated heterocycles. The van der Waals surface area contributed by atoms with Gasteiger partial charge in [-0.05, 0) is 49.4 Å². The number of fused-ring (bicyclic) bond motifs is 1. The Morgan fingerprint density at radius 3 is 2.53 bits per heavy atom. The Bertz CT molecular complexity index is 354. The zero-order valence-electron chi connectivity index (χ0n) is 12.2.